The van der Waals surface area contributed by atoms with Crippen LogP contribution in [0.15, 0.2) is 54.9 Å². The van der Waals surface area contributed by atoms with Gasteiger partial charge in [0.05, 0.1) is 17.6 Å². The average molecular weight is 309 g/mol. The van der Waals surface area contributed by atoms with Gasteiger partial charge >= 0.3 is 0 Å². The molecule has 0 unspecified atom stereocenters. The van der Waals surface area contributed by atoms with Crippen LogP contribution in [0.3, 0.4) is 0 Å². The highest BCUT2D eigenvalue weighted by atomic mass is 16.5. The van der Waals surface area contributed by atoms with Crippen LogP contribution in [0.25, 0.3) is 16.7 Å². The fourth-order valence-electron chi connectivity index (χ4n) is 2.54. The minimum absolute atomic E-state index is 0.0234. The van der Waals surface area contributed by atoms with Crippen molar-refractivity contribution < 1.29 is 9.53 Å². The fourth-order valence-corrected chi connectivity index (χ4v) is 2.54. The topological polar surface area (TPSA) is 56.1 Å². The molecule has 1 N–H and O–H groups in total. The lowest BCUT2D eigenvalue weighted by Gasteiger charge is -2.13. The van der Waals surface area contributed by atoms with Crippen molar-refractivity contribution in [3.05, 3.63) is 60.4 Å². The van der Waals surface area contributed by atoms with Crippen molar-refractivity contribution in [1.82, 2.24) is 14.9 Å². The van der Waals surface area contributed by atoms with Crippen molar-refractivity contribution in [2.75, 3.05) is 13.7 Å². The van der Waals surface area contributed by atoms with Gasteiger partial charge in [0.15, 0.2) is 0 Å². The third-order valence-corrected chi connectivity index (χ3v) is 3.66. The van der Waals surface area contributed by atoms with Crippen molar-refractivity contribution in [3.8, 4) is 5.69 Å². The number of methoxy groups -OCH3 is 1. The molecule has 0 saturated carbocycles. The number of para-hydroxylation sites is 2. The molecular weight excluding hydrogens is 290 g/mol. The first-order chi connectivity index (χ1) is 11.2. The van der Waals surface area contributed by atoms with E-state index in [0.29, 0.717) is 12.2 Å². The molecule has 5 heteroatoms. The van der Waals surface area contributed by atoms with E-state index in [1.54, 1.807) is 13.4 Å². The lowest BCUT2D eigenvalue weighted by molar-refractivity contribution is 0.0905. The predicted octanol–water partition coefficient (Wildman–Crippen LogP) is 2.79. The van der Waals surface area contributed by atoms with Crippen molar-refractivity contribution in [2.45, 2.75) is 13.0 Å². The lowest BCUT2D eigenvalue weighted by atomic mass is 10.1. The second kappa shape index (κ2) is 6.62. The monoisotopic (exact) mass is 309 g/mol. The van der Waals surface area contributed by atoms with Crippen LogP contribution < -0.4 is 5.32 Å². The average Bonchev–Trinajstić information content (AvgIpc) is 2.99. The van der Waals surface area contributed by atoms with Crippen molar-refractivity contribution in [2.24, 2.45) is 0 Å². The normalized spacial score (nSPS) is 12.3. The standard InChI is InChI=1S/C18H19N3O2/c1-13(11-23-2)20-18(22)14-7-9-15(10-8-14)21-12-19-16-5-3-4-6-17(16)21/h3-10,12-13H,11H2,1-2H3,(H,20,22)/t13-/m0/s1. The summed E-state index contributed by atoms with van der Waals surface area (Å²) in [6, 6.07) is 15.4. The maximum Gasteiger partial charge on any atom is 0.251 e. The van der Waals surface area contributed by atoms with E-state index in [1.165, 1.54) is 0 Å². The number of hydrogen-bond acceptors (Lipinski definition) is 3. The molecule has 0 saturated heterocycles. The molecule has 23 heavy (non-hydrogen) atoms. The van der Waals surface area contributed by atoms with Crippen LogP contribution in [0.1, 0.15) is 17.3 Å². The van der Waals surface area contributed by atoms with Crippen molar-refractivity contribution in [1.29, 1.82) is 0 Å². The summed E-state index contributed by atoms with van der Waals surface area (Å²) >= 11 is 0. The highest BCUT2D eigenvalue weighted by Crippen LogP contribution is 2.18. The highest BCUT2D eigenvalue weighted by Gasteiger charge is 2.10. The van der Waals surface area contributed by atoms with Crippen LogP contribution in [0.4, 0.5) is 0 Å². The Morgan fingerprint density at radius 2 is 1.96 bits per heavy atom. The van der Waals surface area contributed by atoms with Gasteiger partial charge in [-0.25, -0.2) is 4.98 Å². The van der Waals surface area contributed by atoms with Gasteiger partial charge in [0.25, 0.3) is 5.91 Å². The summed E-state index contributed by atoms with van der Waals surface area (Å²) in [5, 5.41) is 2.90. The third-order valence-electron chi connectivity index (χ3n) is 3.66. The van der Waals surface area contributed by atoms with Gasteiger partial charge in [-0.05, 0) is 43.3 Å². The number of nitrogens with one attached hydrogen (secondary N) is 1. The molecule has 118 valence electrons. The molecule has 0 fully saturated rings. The Morgan fingerprint density at radius 3 is 2.70 bits per heavy atom. The molecule has 0 bridgehead atoms. The molecule has 1 aromatic heterocycles. The van der Waals surface area contributed by atoms with E-state index in [1.807, 2.05) is 60.0 Å². The number of benzene rings is 2. The predicted molar refractivity (Wildman–Crippen MR) is 89.9 cm³/mol. The molecule has 0 aliphatic carbocycles. The second-order valence-electron chi connectivity index (χ2n) is 5.48. The summed E-state index contributed by atoms with van der Waals surface area (Å²) in [6.07, 6.45) is 1.79. The maximum atomic E-state index is 12.2. The lowest BCUT2D eigenvalue weighted by Crippen LogP contribution is -2.35. The van der Waals surface area contributed by atoms with E-state index in [4.69, 9.17) is 4.74 Å². The Bertz CT molecular complexity index is 809. The Kier molecular flexibility index (Phi) is 4.39. The van der Waals surface area contributed by atoms with Crippen LogP contribution in [0, 0.1) is 0 Å². The molecule has 0 aliphatic heterocycles. The van der Waals surface area contributed by atoms with Crippen LogP contribution in [0.2, 0.25) is 0 Å². The summed E-state index contributed by atoms with van der Waals surface area (Å²) in [6.45, 7) is 2.40. The molecular formula is C18H19N3O2. The SMILES string of the molecule is COC[C@H](C)NC(=O)c1ccc(-n2cnc3ccccc32)cc1. The number of amides is 1. The minimum atomic E-state index is -0.100. The molecule has 0 aliphatic rings. The summed E-state index contributed by atoms with van der Waals surface area (Å²) in [4.78, 5) is 16.5. The first-order valence-electron chi connectivity index (χ1n) is 7.51. The summed E-state index contributed by atoms with van der Waals surface area (Å²) < 4.78 is 7.03. The smallest absolute Gasteiger partial charge is 0.251 e. The Hall–Kier alpha value is -2.66. The van der Waals surface area contributed by atoms with Gasteiger partial charge in [-0.2, -0.15) is 0 Å². The molecule has 3 rings (SSSR count). The Balaban J connectivity index is 1.81. The number of rotatable bonds is 5. The molecule has 0 spiro atoms. The van der Waals surface area contributed by atoms with E-state index < -0.39 is 0 Å². The van der Waals surface area contributed by atoms with E-state index in [9.17, 15) is 4.79 Å². The molecule has 1 amide bonds. The molecule has 1 atom stereocenters. The zero-order valence-electron chi connectivity index (χ0n) is 13.2. The van der Waals surface area contributed by atoms with Crippen LogP contribution >= 0.6 is 0 Å². The molecule has 0 radical (unpaired) electrons. The molecule has 3 aromatic rings. The fraction of sp³-hybridized carbons (Fsp3) is 0.222. The Morgan fingerprint density at radius 1 is 1.22 bits per heavy atom. The summed E-state index contributed by atoms with van der Waals surface area (Å²) in [5.41, 5.74) is 3.59. The van der Waals surface area contributed by atoms with E-state index in [-0.39, 0.29) is 11.9 Å². The van der Waals surface area contributed by atoms with Crippen LogP contribution in [-0.4, -0.2) is 35.2 Å². The summed E-state index contributed by atoms with van der Waals surface area (Å²) in [7, 11) is 1.62. The number of fused-ring (bicyclic) bond motifs is 1. The largest absolute Gasteiger partial charge is 0.383 e. The summed E-state index contributed by atoms with van der Waals surface area (Å²) in [5.74, 6) is -0.100. The number of carbonyl (C=O) groups is 1. The van der Waals surface area contributed by atoms with E-state index in [0.717, 1.165) is 16.7 Å². The van der Waals surface area contributed by atoms with Crippen LogP contribution in [-0.2, 0) is 4.74 Å². The minimum Gasteiger partial charge on any atom is -0.383 e. The molecule has 1 heterocycles. The number of ether oxygens (including phenoxy) is 1. The van der Waals surface area contributed by atoms with Crippen molar-refractivity contribution in [3.63, 3.8) is 0 Å². The van der Waals surface area contributed by atoms with Gasteiger partial charge in [0.1, 0.15) is 6.33 Å². The van der Waals surface area contributed by atoms with Gasteiger partial charge in [0.2, 0.25) is 0 Å². The van der Waals surface area contributed by atoms with Gasteiger partial charge in [-0.15, -0.1) is 0 Å². The van der Waals surface area contributed by atoms with E-state index in [2.05, 4.69) is 10.3 Å². The zero-order valence-corrected chi connectivity index (χ0v) is 13.2. The van der Waals surface area contributed by atoms with Crippen LogP contribution in [0.5, 0.6) is 0 Å². The first-order valence-corrected chi connectivity index (χ1v) is 7.51. The number of aromatic nitrogens is 2. The van der Waals surface area contributed by atoms with Crippen molar-refractivity contribution >= 4 is 16.9 Å². The number of hydrogen-bond donors (Lipinski definition) is 1. The second-order valence-corrected chi connectivity index (χ2v) is 5.48. The van der Waals surface area contributed by atoms with Gasteiger partial charge in [0, 0.05) is 24.4 Å². The number of imidazole rings is 1. The van der Waals surface area contributed by atoms with Gasteiger partial charge < -0.3 is 10.1 Å². The number of nitrogens with zero attached hydrogens (tertiary/aromatic N) is 2. The zero-order chi connectivity index (χ0) is 16.2. The molecule has 5 nitrogen and oxygen atoms in total. The quantitative estimate of drug-likeness (QED) is 0.788. The van der Waals surface area contributed by atoms with Gasteiger partial charge in [-0.3, -0.25) is 9.36 Å². The third kappa shape index (κ3) is 3.24. The van der Waals surface area contributed by atoms with Gasteiger partial charge in [-0.1, -0.05) is 12.1 Å². The highest BCUT2D eigenvalue weighted by molar-refractivity contribution is 5.94. The van der Waals surface area contributed by atoms with E-state index >= 15 is 0 Å². The first kappa shape index (κ1) is 15.2. The maximum absolute atomic E-state index is 12.2. The number of carbonyl (C=O) groups excluding carboxylic acids is 1. The Labute approximate surface area is 134 Å². The molecule has 2 aromatic carbocycles.